The minimum atomic E-state index is -0.118. The number of aromatic nitrogens is 2. The van der Waals surface area contributed by atoms with Gasteiger partial charge in [0, 0.05) is 33.9 Å². The van der Waals surface area contributed by atoms with Gasteiger partial charge in [0.1, 0.15) is 0 Å². The number of halogens is 1. The second kappa shape index (κ2) is 8.23. The molecule has 1 aromatic heterocycles. The van der Waals surface area contributed by atoms with Crippen molar-refractivity contribution in [2.75, 3.05) is 0 Å². The first kappa shape index (κ1) is 18.2. The van der Waals surface area contributed by atoms with Crippen LogP contribution >= 0.6 is 15.9 Å². The highest BCUT2D eigenvalue weighted by Crippen LogP contribution is 2.23. The molecule has 0 aliphatic heterocycles. The molecule has 0 bridgehead atoms. The topological polar surface area (TPSA) is 46.9 Å². The van der Waals surface area contributed by atoms with Gasteiger partial charge in [-0.05, 0) is 30.3 Å². The SMILES string of the molecule is O=C(NCc1cn(-c2ccccc2)nc1-c1ccccc1)c1cccc(Br)c1. The third-order valence-electron chi connectivity index (χ3n) is 4.38. The highest BCUT2D eigenvalue weighted by Gasteiger charge is 2.14. The lowest BCUT2D eigenvalue weighted by atomic mass is 10.1. The zero-order valence-corrected chi connectivity index (χ0v) is 16.6. The number of amides is 1. The van der Waals surface area contributed by atoms with Crippen molar-refractivity contribution in [1.82, 2.24) is 15.1 Å². The Bertz CT molecular complexity index is 1090. The third kappa shape index (κ3) is 4.05. The molecule has 0 saturated carbocycles. The van der Waals surface area contributed by atoms with Crippen LogP contribution in [0, 0.1) is 0 Å². The molecular formula is C23H18BrN3O. The number of nitrogens with zero attached hydrogens (tertiary/aromatic N) is 2. The van der Waals surface area contributed by atoms with Gasteiger partial charge in [-0.1, -0.05) is 70.5 Å². The number of nitrogens with one attached hydrogen (secondary N) is 1. The van der Waals surface area contributed by atoms with Gasteiger partial charge in [0.2, 0.25) is 0 Å². The van der Waals surface area contributed by atoms with E-state index >= 15 is 0 Å². The minimum absolute atomic E-state index is 0.118. The largest absolute Gasteiger partial charge is 0.348 e. The van der Waals surface area contributed by atoms with E-state index in [2.05, 4.69) is 21.2 Å². The molecule has 1 heterocycles. The molecular weight excluding hydrogens is 414 g/mol. The first-order chi connectivity index (χ1) is 13.7. The maximum Gasteiger partial charge on any atom is 0.251 e. The number of para-hydroxylation sites is 1. The molecule has 0 aliphatic carbocycles. The monoisotopic (exact) mass is 431 g/mol. The van der Waals surface area contributed by atoms with E-state index in [4.69, 9.17) is 5.10 Å². The van der Waals surface area contributed by atoms with Crippen molar-refractivity contribution in [1.29, 1.82) is 0 Å². The quantitative estimate of drug-likeness (QED) is 0.470. The first-order valence-electron chi connectivity index (χ1n) is 8.94. The molecule has 4 rings (SSSR count). The minimum Gasteiger partial charge on any atom is -0.348 e. The van der Waals surface area contributed by atoms with Crippen molar-refractivity contribution < 1.29 is 4.79 Å². The standard InChI is InChI=1S/C23H18BrN3O/c24-20-11-7-10-18(14-20)23(28)25-15-19-16-27(21-12-5-2-6-13-21)26-22(19)17-8-3-1-4-9-17/h1-14,16H,15H2,(H,25,28). The first-order valence-corrected chi connectivity index (χ1v) is 9.73. The van der Waals surface area contributed by atoms with Gasteiger partial charge >= 0.3 is 0 Å². The average molecular weight is 432 g/mol. The Kier molecular flexibility index (Phi) is 5.35. The molecule has 1 amide bonds. The molecule has 0 unspecified atom stereocenters. The molecule has 5 heteroatoms. The highest BCUT2D eigenvalue weighted by atomic mass is 79.9. The lowest BCUT2D eigenvalue weighted by Crippen LogP contribution is -2.22. The zero-order valence-electron chi connectivity index (χ0n) is 15.0. The van der Waals surface area contributed by atoms with Gasteiger partial charge in [0.15, 0.2) is 0 Å². The number of carbonyl (C=O) groups is 1. The fraction of sp³-hybridized carbons (Fsp3) is 0.0435. The van der Waals surface area contributed by atoms with Crippen LogP contribution in [0.1, 0.15) is 15.9 Å². The molecule has 28 heavy (non-hydrogen) atoms. The van der Waals surface area contributed by atoms with E-state index in [1.54, 1.807) is 12.1 Å². The molecule has 0 aliphatic rings. The van der Waals surface area contributed by atoms with Gasteiger partial charge in [-0.3, -0.25) is 4.79 Å². The summed E-state index contributed by atoms with van der Waals surface area (Å²) in [6.45, 7) is 0.391. The van der Waals surface area contributed by atoms with Crippen molar-refractivity contribution in [3.05, 3.63) is 107 Å². The summed E-state index contributed by atoms with van der Waals surface area (Å²) in [4.78, 5) is 12.5. The van der Waals surface area contributed by atoms with E-state index < -0.39 is 0 Å². The summed E-state index contributed by atoms with van der Waals surface area (Å²) in [6, 6.07) is 27.3. The van der Waals surface area contributed by atoms with Gasteiger partial charge in [0.05, 0.1) is 11.4 Å². The van der Waals surface area contributed by atoms with Gasteiger partial charge in [-0.25, -0.2) is 4.68 Å². The van der Waals surface area contributed by atoms with E-state index in [0.29, 0.717) is 12.1 Å². The Hall–Kier alpha value is -3.18. The van der Waals surface area contributed by atoms with Gasteiger partial charge in [0.25, 0.3) is 5.91 Å². The molecule has 0 spiro atoms. The molecule has 4 aromatic rings. The van der Waals surface area contributed by atoms with Crippen LogP contribution in [0.4, 0.5) is 0 Å². The normalized spacial score (nSPS) is 10.6. The van der Waals surface area contributed by atoms with Crippen LogP contribution in [0.15, 0.2) is 95.6 Å². The van der Waals surface area contributed by atoms with Crippen molar-refractivity contribution in [3.63, 3.8) is 0 Å². The molecule has 0 saturated heterocycles. The van der Waals surface area contributed by atoms with Crippen molar-refractivity contribution >= 4 is 21.8 Å². The van der Waals surface area contributed by atoms with E-state index in [-0.39, 0.29) is 5.91 Å². The van der Waals surface area contributed by atoms with Crippen LogP contribution in [-0.4, -0.2) is 15.7 Å². The number of hydrogen-bond acceptors (Lipinski definition) is 2. The predicted octanol–water partition coefficient (Wildman–Crippen LogP) is 5.23. The number of rotatable bonds is 5. The maximum atomic E-state index is 12.5. The Morgan fingerprint density at radius 2 is 1.64 bits per heavy atom. The second-order valence-electron chi connectivity index (χ2n) is 6.34. The Morgan fingerprint density at radius 3 is 2.36 bits per heavy atom. The van der Waals surface area contributed by atoms with E-state index in [9.17, 15) is 4.79 Å². The molecule has 138 valence electrons. The summed E-state index contributed by atoms with van der Waals surface area (Å²) >= 11 is 3.40. The second-order valence-corrected chi connectivity index (χ2v) is 7.26. The highest BCUT2D eigenvalue weighted by molar-refractivity contribution is 9.10. The van der Waals surface area contributed by atoms with E-state index in [1.807, 2.05) is 83.7 Å². The number of carbonyl (C=O) groups excluding carboxylic acids is 1. The van der Waals surface area contributed by atoms with Crippen molar-refractivity contribution in [2.24, 2.45) is 0 Å². The fourth-order valence-electron chi connectivity index (χ4n) is 3.00. The lowest BCUT2D eigenvalue weighted by molar-refractivity contribution is 0.0951. The molecule has 1 N–H and O–H groups in total. The summed E-state index contributed by atoms with van der Waals surface area (Å²) in [5, 5.41) is 7.78. The summed E-state index contributed by atoms with van der Waals surface area (Å²) in [6.07, 6.45) is 1.97. The van der Waals surface area contributed by atoms with E-state index in [0.717, 1.165) is 27.0 Å². The van der Waals surface area contributed by atoms with E-state index in [1.165, 1.54) is 0 Å². The van der Waals surface area contributed by atoms with Crippen LogP contribution < -0.4 is 5.32 Å². The van der Waals surface area contributed by atoms with Gasteiger partial charge in [-0.2, -0.15) is 5.10 Å². The molecule has 4 nitrogen and oxygen atoms in total. The fourth-order valence-corrected chi connectivity index (χ4v) is 3.40. The van der Waals surface area contributed by atoms with Crippen molar-refractivity contribution in [2.45, 2.75) is 6.54 Å². The third-order valence-corrected chi connectivity index (χ3v) is 4.88. The van der Waals surface area contributed by atoms with Crippen LogP contribution in [0.2, 0.25) is 0 Å². The molecule has 3 aromatic carbocycles. The zero-order chi connectivity index (χ0) is 19.3. The smallest absolute Gasteiger partial charge is 0.251 e. The Morgan fingerprint density at radius 1 is 0.929 bits per heavy atom. The van der Waals surface area contributed by atoms with Gasteiger partial charge < -0.3 is 5.32 Å². The number of benzene rings is 3. The lowest BCUT2D eigenvalue weighted by Gasteiger charge is -2.06. The number of hydrogen-bond donors (Lipinski definition) is 1. The van der Waals surface area contributed by atoms with Crippen LogP contribution in [0.5, 0.6) is 0 Å². The summed E-state index contributed by atoms with van der Waals surface area (Å²) < 4.78 is 2.73. The van der Waals surface area contributed by atoms with Crippen molar-refractivity contribution in [3.8, 4) is 16.9 Å². The molecule has 0 radical (unpaired) electrons. The van der Waals surface area contributed by atoms with Crippen LogP contribution in [-0.2, 0) is 6.54 Å². The summed E-state index contributed by atoms with van der Waals surface area (Å²) in [5.74, 6) is -0.118. The maximum absolute atomic E-state index is 12.5. The summed E-state index contributed by atoms with van der Waals surface area (Å²) in [5.41, 5.74) is 4.43. The summed E-state index contributed by atoms with van der Waals surface area (Å²) in [7, 11) is 0. The molecule has 0 atom stereocenters. The average Bonchev–Trinajstić information content (AvgIpc) is 3.17. The molecule has 0 fully saturated rings. The van der Waals surface area contributed by atoms with Gasteiger partial charge in [-0.15, -0.1) is 0 Å². The Labute approximate surface area is 172 Å². The Balaban J connectivity index is 1.63. The predicted molar refractivity (Wildman–Crippen MR) is 114 cm³/mol. The van der Waals surface area contributed by atoms with Crippen LogP contribution in [0.3, 0.4) is 0 Å². The van der Waals surface area contributed by atoms with Crippen LogP contribution in [0.25, 0.3) is 16.9 Å².